The summed E-state index contributed by atoms with van der Waals surface area (Å²) in [4.78, 5) is 28.2. The summed E-state index contributed by atoms with van der Waals surface area (Å²) in [6.07, 6.45) is 0. The molecule has 3 aromatic rings. The van der Waals surface area contributed by atoms with Crippen LogP contribution in [0.15, 0.2) is 42.5 Å². The minimum absolute atomic E-state index is 0.147. The number of aryl methyl sites for hydroxylation is 1. The Morgan fingerprint density at radius 1 is 1.10 bits per heavy atom. The van der Waals surface area contributed by atoms with Gasteiger partial charge in [-0.15, -0.1) is 10.2 Å². The number of hydrogen-bond donors (Lipinski definition) is 1. The lowest BCUT2D eigenvalue weighted by Crippen LogP contribution is -2.44. The number of carbonyl (C=O) groups excluding carboxylic acids is 2. The highest BCUT2D eigenvalue weighted by Crippen LogP contribution is 2.44. The zero-order valence-electron chi connectivity index (χ0n) is 17.6. The Labute approximate surface area is 183 Å². The van der Waals surface area contributed by atoms with Gasteiger partial charge in [-0.1, -0.05) is 35.6 Å². The Balaban J connectivity index is 1.83. The Kier molecular flexibility index (Phi) is 5.60. The molecule has 0 saturated heterocycles. The van der Waals surface area contributed by atoms with E-state index in [0.717, 1.165) is 10.6 Å². The van der Waals surface area contributed by atoms with Crippen LogP contribution in [0.1, 0.15) is 38.5 Å². The first-order valence-electron chi connectivity index (χ1n) is 9.63. The number of nitrogens with one attached hydrogen (secondary N) is 1. The smallest absolute Gasteiger partial charge is 0.254 e. The lowest BCUT2D eigenvalue weighted by molar-refractivity contribution is -0.119. The van der Waals surface area contributed by atoms with E-state index in [2.05, 4.69) is 15.5 Å². The number of fused-ring (bicyclic) bond motifs is 1. The maximum atomic E-state index is 13.5. The fraction of sp³-hybridized carbons (Fsp3) is 0.273. The van der Waals surface area contributed by atoms with Crippen LogP contribution >= 0.6 is 11.3 Å². The molecule has 0 radical (unpaired) electrons. The fourth-order valence-corrected chi connectivity index (χ4v) is 4.54. The fourth-order valence-electron chi connectivity index (χ4n) is 3.94. The molecule has 4 rings (SSSR count). The van der Waals surface area contributed by atoms with Crippen molar-refractivity contribution < 1.29 is 19.1 Å². The Morgan fingerprint density at radius 2 is 1.84 bits per heavy atom. The van der Waals surface area contributed by atoms with E-state index in [0.29, 0.717) is 27.8 Å². The summed E-state index contributed by atoms with van der Waals surface area (Å²) in [7, 11) is 4.81. The van der Waals surface area contributed by atoms with Crippen molar-refractivity contribution in [3.8, 4) is 11.5 Å². The van der Waals surface area contributed by atoms with Crippen molar-refractivity contribution in [2.24, 2.45) is 0 Å². The molecule has 1 aliphatic rings. The van der Waals surface area contributed by atoms with Crippen molar-refractivity contribution >= 4 is 28.3 Å². The molecule has 2 heterocycles. The summed E-state index contributed by atoms with van der Waals surface area (Å²) in [5, 5.41) is 12.0. The molecule has 0 spiro atoms. The number of carbonyl (C=O) groups is 2. The van der Waals surface area contributed by atoms with E-state index < -0.39 is 12.0 Å². The molecule has 2 aromatic carbocycles. The molecule has 1 aromatic heterocycles. The molecule has 0 unspecified atom stereocenters. The number of aromatic nitrogens is 2. The van der Waals surface area contributed by atoms with Crippen LogP contribution in [0.4, 0.5) is 5.13 Å². The lowest BCUT2D eigenvalue weighted by atomic mass is 9.79. The van der Waals surface area contributed by atoms with Gasteiger partial charge in [0.05, 0.1) is 26.2 Å². The normalized spacial score (nSPS) is 17.8. The van der Waals surface area contributed by atoms with E-state index in [4.69, 9.17) is 9.47 Å². The summed E-state index contributed by atoms with van der Waals surface area (Å²) in [6, 6.07) is 12.1. The zero-order valence-corrected chi connectivity index (χ0v) is 18.4. The maximum Gasteiger partial charge on any atom is 0.254 e. The summed E-state index contributed by atoms with van der Waals surface area (Å²) in [5.41, 5.74) is 1.94. The van der Waals surface area contributed by atoms with E-state index in [1.165, 1.54) is 11.3 Å². The van der Waals surface area contributed by atoms with E-state index in [-0.39, 0.29) is 11.8 Å². The second-order valence-electron chi connectivity index (χ2n) is 7.16. The van der Waals surface area contributed by atoms with E-state index >= 15 is 0 Å². The summed E-state index contributed by atoms with van der Waals surface area (Å²) >= 11 is 1.30. The first-order chi connectivity index (χ1) is 14.9. The zero-order chi connectivity index (χ0) is 22.1. The topological polar surface area (TPSA) is 93.7 Å². The van der Waals surface area contributed by atoms with Crippen LogP contribution in [0.5, 0.6) is 11.5 Å². The van der Waals surface area contributed by atoms with E-state index in [1.807, 2.05) is 25.1 Å². The van der Waals surface area contributed by atoms with Crippen molar-refractivity contribution in [1.82, 2.24) is 15.1 Å². The molecule has 0 fully saturated rings. The van der Waals surface area contributed by atoms with Gasteiger partial charge in [0.1, 0.15) is 5.01 Å². The monoisotopic (exact) mass is 438 g/mol. The number of rotatable bonds is 5. The minimum atomic E-state index is -0.652. The van der Waals surface area contributed by atoms with Crippen LogP contribution in [-0.2, 0) is 4.79 Å². The molecule has 0 saturated carbocycles. The molecule has 8 nitrogen and oxygen atoms in total. The Hall–Kier alpha value is -3.46. The third-order valence-electron chi connectivity index (χ3n) is 5.37. The molecular weight excluding hydrogens is 416 g/mol. The van der Waals surface area contributed by atoms with Crippen LogP contribution in [0.2, 0.25) is 0 Å². The molecule has 160 valence electrons. The highest BCUT2D eigenvalue weighted by molar-refractivity contribution is 7.15. The van der Waals surface area contributed by atoms with Crippen molar-refractivity contribution in [2.75, 3.05) is 26.6 Å². The van der Waals surface area contributed by atoms with E-state index in [9.17, 15) is 9.59 Å². The van der Waals surface area contributed by atoms with Crippen LogP contribution < -0.4 is 14.8 Å². The number of methoxy groups -OCH3 is 2. The predicted molar refractivity (Wildman–Crippen MR) is 117 cm³/mol. The van der Waals surface area contributed by atoms with Gasteiger partial charge in [-0.05, 0) is 36.2 Å². The van der Waals surface area contributed by atoms with Crippen molar-refractivity contribution in [3.63, 3.8) is 0 Å². The average molecular weight is 439 g/mol. The first kappa shape index (κ1) is 20.8. The highest BCUT2D eigenvalue weighted by Gasteiger charge is 2.43. The second-order valence-corrected chi connectivity index (χ2v) is 8.34. The van der Waals surface area contributed by atoms with Crippen LogP contribution in [0, 0.1) is 6.92 Å². The standard InChI is InChI=1S/C22H22N4O4S/c1-12-24-25-22(31-12)23-20(27)18-14-7-5-6-8-15(14)21(28)26(2)19(18)13-9-10-16(29-3)17(11-13)30-4/h5-11,18-19H,1-4H3,(H,23,25,27)/t18-,19+/m0/s1. The SMILES string of the molecule is COc1ccc([C@@H]2[C@@H](C(=O)Nc3nnc(C)s3)c3ccccc3C(=O)N2C)cc1OC. The van der Waals surface area contributed by atoms with Crippen molar-refractivity contribution in [2.45, 2.75) is 18.9 Å². The molecule has 31 heavy (non-hydrogen) atoms. The molecule has 9 heteroatoms. The Bertz CT molecular complexity index is 1150. The molecule has 0 aliphatic carbocycles. The maximum absolute atomic E-state index is 13.5. The third kappa shape index (κ3) is 3.72. The molecule has 1 aliphatic heterocycles. The number of benzene rings is 2. The minimum Gasteiger partial charge on any atom is -0.493 e. The molecule has 0 bridgehead atoms. The third-order valence-corrected chi connectivity index (χ3v) is 6.12. The lowest BCUT2D eigenvalue weighted by Gasteiger charge is -2.39. The molecule has 1 N–H and O–H groups in total. The molecule has 2 amide bonds. The summed E-state index contributed by atoms with van der Waals surface area (Å²) < 4.78 is 10.8. The molecular formula is C22H22N4O4S. The van der Waals surface area contributed by atoms with Gasteiger partial charge in [0.2, 0.25) is 11.0 Å². The first-order valence-corrected chi connectivity index (χ1v) is 10.4. The second kappa shape index (κ2) is 8.35. The van der Waals surface area contributed by atoms with Gasteiger partial charge in [-0.3, -0.25) is 14.9 Å². The quantitative estimate of drug-likeness (QED) is 0.656. The van der Waals surface area contributed by atoms with Gasteiger partial charge >= 0.3 is 0 Å². The Morgan fingerprint density at radius 3 is 2.52 bits per heavy atom. The number of amides is 2. The number of nitrogens with zero attached hydrogens (tertiary/aromatic N) is 3. The van der Waals surface area contributed by atoms with Crippen LogP contribution in [0.25, 0.3) is 0 Å². The number of hydrogen-bond acceptors (Lipinski definition) is 7. The number of likely N-dealkylation sites (N-methyl/N-ethyl adjacent to an activating group) is 1. The summed E-state index contributed by atoms with van der Waals surface area (Å²) in [5.74, 6) is 0.0375. The van der Waals surface area contributed by atoms with Crippen molar-refractivity contribution in [1.29, 1.82) is 0 Å². The van der Waals surface area contributed by atoms with Gasteiger partial charge in [-0.2, -0.15) is 0 Å². The largest absolute Gasteiger partial charge is 0.493 e. The van der Waals surface area contributed by atoms with Gasteiger partial charge in [0.25, 0.3) is 5.91 Å². The van der Waals surface area contributed by atoms with Crippen LogP contribution in [-0.4, -0.2) is 48.2 Å². The number of anilines is 1. The van der Waals surface area contributed by atoms with Crippen LogP contribution in [0.3, 0.4) is 0 Å². The highest BCUT2D eigenvalue weighted by atomic mass is 32.1. The van der Waals surface area contributed by atoms with Crippen molar-refractivity contribution in [3.05, 3.63) is 64.2 Å². The van der Waals surface area contributed by atoms with Gasteiger partial charge in [0, 0.05) is 12.6 Å². The molecule has 2 atom stereocenters. The number of ether oxygens (including phenoxy) is 2. The average Bonchev–Trinajstić information content (AvgIpc) is 3.19. The predicted octanol–water partition coefficient (Wildman–Crippen LogP) is 3.41. The summed E-state index contributed by atoms with van der Waals surface area (Å²) in [6.45, 7) is 1.82. The van der Waals surface area contributed by atoms with Gasteiger partial charge in [-0.25, -0.2) is 0 Å². The van der Waals surface area contributed by atoms with Gasteiger partial charge in [0.15, 0.2) is 11.5 Å². The van der Waals surface area contributed by atoms with Gasteiger partial charge < -0.3 is 14.4 Å². The van der Waals surface area contributed by atoms with E-state index in [1.54, 1.807) is 50.4 Å².